The third-order valence-corrected chi connectivity index (χ3v) is 6.84. The third-order valence-electron chi connectivity index (χ3n) is 5.47. The van der Waals surface area contributed by atoms with Gasteiger partial charge in [0, 0.05) is 33.4 Å². The number of fused-ring (bicyclic) bond motifs is 2. The molecule has 0 aromatic heterocycles. The van der Waals surface area contributed by atoms with Crippen LogP contribution in [0.15, 0.2) is 52.3 Å². The van der Waals surface area contributed by atoms with Gasteiger partial charge in [0.2, 0.25) is 0 Å². The molecule has 2 aliphatic heterocycles. The molecular formula is C21H26Cl2N2S. The molecule has 2 aliphatic rings. The second-order valence-corrected chi connectivity index (χ2v) is 9.11. The number of halogens is 2. The van der Waals surface area contributed by atoms with Gasteiger partial charge in [0.15, 0.2) is 0 Å². The maximum Gasteiger partial charge on any atom is 0.0567 e. The van der Waals surface area contributed by atoms with E-state index in [1.165, 1.54) is 40.6 Å². The van der Waals surface area contributed by atoms with Crippen molar-refractivity contribution in [1.29, 1.82) is 0 Å². The van der Waals surface area contributed by atoms with Crippen LogP contribution in [0.3, 0.4) is 0 Å². The standard InChI is InChI=1S/C21H25ClN2S.ClH/c1-21(2)11-5-12-23(21)13-6-14-24-17-7-3-4-8-19(17)25-20-10-9-16(22)15-18(20)24;/h3-4,7-10,15H,5-6,11-14H2,1-2H3;1H. The fourth-order valence-corrected chi connectivity index (χ4v) is 5.28. The smallest absolute Gasteiger partial charge is 0.0567 e. The Bertz CT molecular complexity index is 778. The van der Waals surface area contributed by atoms with Crippen molar-refractivity contribution in [3.63, 3.8) is 0 Å². The van der Waals surface area contributed by atoms with Gasteiger partial charge in [-0.25, -0.2) is 0 Å². The SMILES string of the molecule is CC1(C)CCCN1CCCN1c2ccccc2Sc2ccc(Cl)cc21.Cl. The van der Waals surface area contributed by atoms with Crippen LogP contribution in [0.4, 0.5) is 11.4 Å². The molecule has 1 saturated heterocycles. The van der Waals surface area contributed by atoms with Crippen molar-refractivity contribution >= 4 is 47.1 Å². The van der Waals surface area contributed by atoms with E-state index in [2.05, 4.69) is 60.0 Å². The highest BCUT2D eigenvalue weighted by molar-refractivity contribution is 7.99. The van der Waals surface area contributed by atoms with Gasteiger partial charge >= 0.3 is 0 Å². The topological polar surface area (TPSA) is 6.48 Å². The molecule has 5 heteroatoms. The molecule has 26 heavy (non-hydrogen) atoms. The molecule has 0 radical (unpaired) electrons. The third kappa shape index (κ3) is 3.87. The van der Waals surface area contributed by atoms with E-state index in [0.29, 0.717) is 5.54 Å². The maximum atomic E-state index is 6.30. The molecule has 0 atom stereocenters. The minimum absolute atomic E-state index is 0. The van der Waals surface area contributed by atoms with Crippen molar-refractivity contribution < 1.29 is 0 Å². The maximum absolute atomic E-state index is 6.30. The molecule has 0 saturated carbocycles. The lowest BCUT2D eigenvalue weighted by atomic mass is 10.0. The van der Waals surface area contributed by atoms with E-state index in [9.17, 15) is 0 Å². The van der Waals surface area contributed by atoms with Gasteiger partial charge in [-0.2, -0.15) is 0 Å². The number of rotatable bonds is 4. The minimum atomic E-state index is 0. The summed E-state index contributed by atoms with van der Waals surface area (Å²) < 4.78 is 0. The molecule has 140 valence electrons. The number of benzene rings is 2. The summed E-state index contributed by atoms with van der Waals surface area (Å²) in [4.78, 5) is 7.73. The average molecular weight is 409 g/mol. The molecule has 4 rings (SSSR count). The van der Waals surface area contributed by atoms with Crippen LogP contribution in [0.5, 0.6) is 0 Å². The zero-order valence-corrected chi connectivity index (χ0v) is 17.8. The van der Waals surface area contributed by atoms with Crippen LogP contribution in [0, 0.1) is 0 Å². The average Bonchev–Trinajstić information content (AvgIpc) is 2.93. The predicted molar refractivity (Wildman–Crippen MR) is 116 cm³/mol. The number of nitrogens with zero attached hydrogens (tertiary/aromatic N) is 2. The summed E-state index contributed by atoms with van der Waals surface area (Å²) in [6.07, 6.45) is 3.80. The van der Waals surface area contributed by atoms with Crippen LogP contribution in [0.1, 0.15) is 33.1 Å². The van der Waals surface area contributed by atoms with Crippen molar-refractivity contribution in [2.24, 2.45) is 0 Å². The van der Waals surface area contributed by atoms with Gasteiger partial charge in [0.05, 0.1) is 11.4 Å². The van der Waals surface area contributed by atoms with Crippen molar-refractivity contribution in [3.05, 3.63) is 47.5 Å². The summed E-state index contributed by atoms with van der Waals surface area (Å²) in [5.41, 5.74) is 2.91. The number of para-hydroxylation sites is 1. The van der Waals surface area contributed by atoms with E-state index in [0.717, 1.165) is 24.5 Å². The Labute approximate surface area is 172 Å². The van der Waals surface area contributed by atoms with E-state index in [1.54, 1.807) is 0 Å². The first kappa shape index (κ1) is 19.9. The zero-order chi connectivity index (χ0) is 17.4. The van der Waals surface area contributed by atoms with Gasteiger partial charge in [-0.3, -0.25) is 4.90 Å². The van der Waals surface area contributed by atoms with E-state index < -0.39 is 0 Å². The number of likely N-dealkylation sites (tertiary alicyclic amines) is 1. The summed E-state index contributed by atoms with van der Waals surface area (Å²) in [6.45, 7) is 8.18. The van der Waals surface area contributed by atoms with Gasteiger partial charge < -0.3 is 4.90 Å². The lowest BCUT2D eigenvalue weighted by Crippen LogP contribution is -2.39. The minimum Gasteiger partial charge on any atom is -0.340 e. The molecule has 2 nitrogen and oxygen atoms in total. The molecule has 1 fully saturated rings. The van der Waals surface area contributed by atoms with Gasteiger partial charge in [-0.1, -0.05) is 35.5 Å². The zero-order valence-electron chi connectivity index (χ0n) is 15.4. The highest BCUT2D eigenvalue weighted by Gasteiger charge is 2.31. The highest BCUT2D eigenvalue weighted by atomic mass is 35.5. The number of anilines is 2. The Hall–Kier alpha value is -0.870. The van der Waals surface area contributed by atoms with E-state index >= 15 is 0 Å². The summed E-state index contributed by atoms with van der Waals surface area (Å²) in [6, 6.07) is 14.9. The lowest BCUT2D eigenvalue weighted by molar-refractivity contribution is 0.174. The summed E-state index contributed by atoms with van der Waals surface area (Å²) in [5.74, 6) is 0. The van der Waals surface area contributed by atoms with Gasteiger partial charge in [-0.05, 0) is 70.0 Å². The Kier molecular flexibility index (Phi) is 6.13. The first-order chi connectivity index (χ1) is 12.0. The molecule has 0 unspecified atom stereocenters. The van der Waals surface area contributed by atoms with Crippen molar-refractivity contribution in [2.45, 2.75) is 48.4 Å². The van der Waals surface area contributed by atoms with Crippen LogP contribution in [-0.4, -0.2) is 30.1 Å². The van der Waals surface area contributed by atoms with Crippen molar-refractivity contribution in [3.8, 4) is 0 Å². The molecule has 0 aliphatic carbocycles. The Morgan fingerprint density at radius 1 is 1.04 bits per heavy atom. The molecule has 2 aromatic carbocycles. The lowest BCUT2D eigenvalue weighted by Gasteiger charge is -2.35. The molecule has 0 spiro atoms. The van der Waals surface area contributed by atoms with Crippen molar-refractivity contribution in [1.82, 2.24) is 4.90 Å². The quantitative estimate of drug-likeness (QED) is 0.560. The molecule has 0 bridgehead atoms. The first-order valence-corrected chi connectivity index (χ1v) is 10.3. The Morgan fingerprint density at radius 2 is 1.81 bits per heavy atom. The monoisotopic (exact) mass is 408 g/mol. The van der Waals surface area contributed by atoms with Crippen LogP contribution in [0.2, 0.25) is 5.02 Å². The summed E-state index contributed by atoms with van der Waals surface area (Å²) in [7, 11) is 0. The molecule has 2 heterocycles. The van der Waals surface area contributed by atoms with E-state index in [-0.39, 0.29) is 12.4 Å². The van der Waals surface area contributed by atoms with Crippen molar-refractivity contribution in [2.75, 3.05) is 24.5 Å². The van der Waals surface area contributed by atoms with Crippen LogP contribution < -0.4 is 4.90 Å². The second kappa shape index (κ2) is 8.02. The highest BCUT2D eigenvalue weighted by Crippen LogP contribution is 2.48. The van der Waals surface area contributed by atoms with Gasteiger partial charge in [-0.15, -0.1) is 12.4 Å². The Morgan fingerprint density at radius 3 is 2.58 bits per heavy atom. The Balaban J connectivity index is 0.00000196. The van der Waals surface area contributed by atoms with Crippen LogP contribution >= 0.6 is 35.8 Å². The fourth-order valence-electron chi connectivity index (χ4n) is 4.04. The van der Waals surface area contributed by atoms with E-state index in [4.69, 9.17) is 11.6 Å². The van der Waals surface area contributed by atoms with E-state index in [1.807, 2.05) is 17.8 Å². The predicted octanol–water partition coefficient (Wildman–Crippen LogP) is 6.63. The van der Waals surface area contributed by atoms with Crippen LogP contribution in [0.25, 0.3) is 0 Å². The molecular weight excluding hydrogens is 383 g/mol. The number of hydrogen-bond acceptors (Lipinski definition) is 3. The number of hydrogen-bond donors (Lipinski definition) is 0. The van der Waals surface area contributed by atoms with Crippen LogP contribution in [-0.2, 0) is 0 Å². The molecule has 2 aromatic rings. The normalized spacial score (nSPS) is 18.2. The first-order valence-electron chi connectivity index (χ1n) is 9.14. The fraction of sp³-hybridized carbons (Fsp3) is 0.429. The van der Waals surface area contributed by atoms with Gasteiger partial charge in [0.25, 0.3) is 0 Å². The van der Waals surface area contributed by atoms with Gasteiger partial charge in [0.1, 0.15) is 0 Å². The molecule has 0 amide bonds. The second-order valence-electron chi connectivity index (χ2n) is 7.59. The summed E-state index contributed by atoms with van der Waals surface area (Å²) >= 11 is 8.14. The molecule has 0 N–H and O–H groups in total. The summed E-state index contributed by atoms with van der Waals surface area (Å²) in [5, 5.41) is 0.810. The largest absolute Gasteiger partial charge is 0.340 e.